The summed E-state index contributed by atoms with van der Waals surface area (Å²) in [6, 6.07) is 15.9. The van der Waals surface area contributed by atoms with Gasteiger partial charge >= 0.3 is 0 Å². The van der Waals surface area contributed by atoms with Crippen LogP contribution in [0.25, 0.3) is 0 Å². The molecule has 0 saturated heterocycles. The third-order valence-corrected chi connectivity index (χ3v) is 5.04. The number of thioether (sulfide) groups is 1. The topological polar surface area (TPSA) is 29.5 Å². The monoisotopic (exact) mass is 327 g/mol. The lowest BCUT2D eigenvalue weighted by atomic mass is 10.2. The first kappa shape index (κ1) is 15.9. The number of nitrogens with zero attached hydrogens (tertiary/aromatic N) is 1. The Balaban J connectivity index is 1.77. The fraction of sp³-hybridized carbons (Fsp3) is 0.316. The Morgan fingerprint density at radius 3 is 2.70 bits per heavy atom. The zero-order valence-corrected chi connectivity index (χ0v) is 14.3. The summed E-state index contributed by atoms with van der Waals surface area (Å²) in [5, 5.41) is 0. The van der Waals surface area contributed by atoms with E-state index < -0.39 is 6.10 Å². The van der Waals surface area contributed by atoms with Gasteiger partial charge in [-0.25, -0.2) is 0 Å². The highest BCUT2D eigenvalue weighted by Crippen LogP contribution is 2.34. The Morgan fingerprint density at radius 1 is 1.17 bits per heavy atom. The quantitative estimate of drug-likeness (QED) is 0.842. The number of carbonyl (C=O) groups excluding carboxylic acids is 1. The van der Waals surface area contributed by atoms with E-state index in [4.69, 9.17) is 4.74 Å². The molecule has 1 heterocycles. The van der Waals surface area contributed by atoms with Crippen molar-refractivity contribution in [2.24, 2.45) is 0 Å². The van der Waals surface area contributed by atoms with Crippen LogP contribution in [0.15, 0.2) is 53.4 Å². The lowest BCUT2D eigenvalue weighted by Crippen LogP contribution is -2.41. The van der Waals surface area contributed by atoms with Crippen molar-refractivity contribution in [1.82, 2.24) is 0 Å². The molecule has 0 radical (unpaired) electrons. The number of rotatable bonds is 3. The zero-order valence-electron chi connectivity index (χ0n) is 13.5. The molecule has 3 rings (SSSR count). The van der Waals surface area contributed by atoms with Gasteiger partial charge in [0.15, 0.2) is 6.10 Å². The van der Waals surface area contributed by atoms with Gasteiger partial charge in [0.1, 0.15) is 5.75 Å². The second kappa shape index (κ2) is 7.09. The maximum Gasteiger partial charge on any atom is 0.267 e. The van der Waals surface area contributed by atoms with E-state index in [9.17, 15) is 4.79 Å². The van der Waals surface area contributed by atoms with Crippen LogP contribution in [0.1, 0.15) is 18.9 Å². The van der Waals surface area contributed by atoms with Crippen LogP contribution in [0.2, 0.25) is 0 Å². The largest absolute Gasteiger partial charge is 0.481 e. The Bertz CT molecular complexity index is 684. The molecule has 0 spiro atoms. The summed E-state index contributed by atoms with van der Waals surface area (Å²) >= 11 is 1.81. The molecule has 1 amide bonds. The first-order chi connectivity index (χ1) is 11.1. The third-order valence-electron chi connectivity index (χ3n) is 3.89. The highest BCUT2D eigenvalue weighted by molar-refractivity contribution is 7.99. The number of carbonyl (C=O) groups is 1. The highest BCUT2D eigenvalue weighted by atomic mass is 32.2. The van der Waals surface area contributed by atoms with Gasteiger partial charge in [-0.3, -0.25) is 4.79 Å². The predicted octanol–water partition coefficient (Wildman–Crippen LogP) is 4.29. The van der Waals surface area contributed by atoms with Crippen molar-refractivity contribution < 1.29 is 9.53 Å². The minimum atomic E-state index is -0.506. The molecule has 0 N–H and O–H groups in total. The Morgan fingerprint density at radius 2 is 1.91 bits per heavy atom. The van der Waals surface area contributed by atoms with Crippen LogP contribution in [0.5, 0.6) is 5.75 Å². The van der Waals surface area contributed by atoms with Gasteiger partial charge in [0, 0.05) is 11.4 Å². The first-order valence-electron chi connectivity index (χ1n) is 7.91. The number of hydrogen-bond acceptors (Lipinski definition) is 3. The Labute approximate surface area is 141 Å². The van der Waals surface area contributed by atoms with Gasteiger partial charge in [0.2, 0.25) is 0 Å². The zero-order chi connectivity index (χ0) is 16.2. The van der Waals surface area contributed by atoms with Crippen LogP contribution in [-0.4, -0.2) is 24.3 Å². The molecule has 1 aliphatic rings. The minimum absolute atomic E-state index is 0.0144. The number of ether oxygens (including phenoxy) is 1. The molecule has 23 heavy (non-hydrogen) atoms. The second-order valence-electron chi connectivity index (χ2n) is 5.73. The van der Waals surface area contributed by atoms with E-state index >= 15 is 0 Å². The predicted molar refractivity (Wildman–Crippen MR) is 95.4 cm³/mol. The van der Waals surface area contributed by atoms with E-state index in [-0.39, 0.29) is 5.91 Å². The molecule has 0 aromatic heterocycles. The van der Waals surface area contributed by atoms with Gasteiger partial charge < -0.3 is 9.64 Å². The van der Waals surface area contributed by atoms with Crippen LogP contribution in [-0.2, 0) is 4.79 Å². The molecule has 1 aliphatic heterocycles. The van der Waals surface area contributed by atoms with Crippen LogP contribution in [0.4, 0.5) is 5.69 Å². The summed E-state index contributed by atoms with van der Waals surface area (Å²) in [6.07, 6.45) is 0.483. The van der Waals surface area contributed by atoms with Crippen molar-refractivity contribution >= 4 is 23.4 Å². The smallest absolute Gasteiger partial charge is 0.267 e. The molecule has 0 fully saturated rings. The van der Waals surface area contributed by atoms with Crippen LogP contribution >= 0.6 is 11.8 Å². The lowest BCUT2D eigenvalue weighted by molar-refractivity contribution is -0.124. The molecule has 0 aliphatic carbocycles. The molecule has 0 bridgehead atoms. The van der Waals surface area contributed by atoms with E-state index in [0.717, 1.165) is 30.2 Å². The van der Waals surface area contributed by atoms with Crippen LogP contribution in [0.3, 0.4) is 0 Å². The lowest BCUT2D eigenvalue weighted by Gasteiger charge is -2.26. The van der Waals surface area contributed by atoms with Gasteiger partial charge in [-0.1, -0.05) is 29.8 Å². The van der Waals surface area contributed by atoms with Gasteiger partial charge in [-0.05, 0) is 50.3 Å². The SMILES string of the molecule is Cc1ccc(OC(C)C(=O)N2CCCSc3ccccc32)cc1. The summed E-state index contributed by atoms with van der Waals surface area (Å²) in [5.41, 5.74) is 2.18. The molecule has 1 atom stereocenters. The third kappa shape index (κ3) is 3.70. The number of amides is 1. The summed E-state index contributed by atoms with van der Waals surface area (Å²) in [7, 11) is 0. The molecule has 120 valence electrons. The minimum Gasteiger partial charge on any atom is -0.481 e. The number of anilines is 1. The summed E-state index contributed by atoms with van der Waals surface area (Å²) in [4.78, 5) is 15.9. The molecule has 3 nitrogen and oxygen atoms in total. The molecule has 2 aromatic carbocycles. The van der Waals surface area contributed by atoms with Gasteiger partial charge in [-0.15, -0.1) is 11.8 Å². The fourth-order valence-corrected chi connectivity index (χ4v) is 3.64. The standard InChI is InChI=1S/C19H21NO2S/c1-14-8-10-16(11-9-14)22-15(2)19(21)20-12-5-13-23-18-7-4-3-6-17(18)20/h3-4,6-11,15H,5,12-13H2,1-2H3. The maximum atomic E-state index is 12.9. The van der Waals surface area contributed by atoms with Crippen molar-refractivity contribution in [3.05, 3.63) is 54.1 Å². The maximum absolute atomic E-state index is 12.9. The molecule has 2 aromatic rings. The number of para-hydroxylation sites is 1. The van der Waals surface area contributed by atoms with E-state index in [0.29, 0.717) is 0 Å². The van der Waals surface area contributed by atoms with Crippen molar-refractivity contribution in [2.45, 2.75) is 31.3 Å². The molecule has 0 saturated carbocycles. The molecular formula is C19H21NO2S. The van der Waals surface area contributed by atoms with Crippen molar-refractivity contribution in [2.75, 3.05) is 17.2 Å². The van der Waals surface area contributed by atoms with E-state index in [1.54, 1.807) is 0 Å². The number of benzene rings is 2. The van der Waals surface area contributed by atoms with Crippen molar-refractivity contribution in [3.63, 3.8) is 0 Å². The average molecular weight is 327 g/mol. The number of fused-ring (bicyclic) bond motifs is 1. The van der Waals surface area contributed by atoms with E-state index in [1.165, 1.54) is 10.5 Å². The number of aryl methyl sites for hydroxylation is 1. The summed E-state index contributed by atoms with van der Waals surface area (Å²) in [6.45, 7) is 4.59. The number of hydrogen-bond donors (Lipinski definition) is 0. The Hall–Kier alpha value is -1.94. The van der Waals surface area contributed by atoms with Gasteiger partial charge in [0.05, 0.1) is 5.69 Å². The highest BCUT2D eigenvalue weighted by Gasteiger charge is 2.26. The molecular weight excluding hydrogens is 306 g/mol. The first-order valence-corrected chi connectivity index (χ1v) is 8.90. The van der Waals surface area contributed by atoms with Gasteiger partial charge in [0.25, 0.3) is 5.91 Å². The fourth-order valence-electron chi connectivity index (χ4n) is 2.65. The molecule has 4 heteroatoms. The average Bonchev–Trinajstić information content (AvgIpc) is 2.78. The van der Waals surface area contributed by atoms with E-state index in [1.807, 2.05) is 73.0 Å². The van der Waals surface area contributed by atoms with Crippen molar-refractivity contribution in [3.8, 4) is 5.75 Å². The van der Waals surface area contributed by atoms with E-state index in [2.05, 4.69) is 6.07 Å². The van der Waals surface area contributed by atoms with Gasteiger partial charge in [-0.2, -0.15) is 0 Å². The van der Waals surface area contributed by atoms with Crippen molar-refractivity contribution in [1.29, 1.82) is 0 Å². The second-order valence-corrected chi connectivity index (χ2v) is 6.87. The Kier molecular flexibility index (Phi) is 4.91. The normalized spacial score (nSPS) is 15.5. The molecule has 1 unspecified atom stereocenters. The summed E-state index contributed by atoms with van der Waals surface area (Å²) < 4.78 is 5.84. The van der Waals surface area contributed by atoms with Crippen LogP contribution in [0, 0.1) is 6.92 Å². The van der Waals surface area contributed by atoms with Crippen LogP contribution < -0.4 is 9.64 Å². The summed E-state index contributed by atoms with van der Waals surface area (Å²) in [5.74, 6) is 1.78.